The summed E-state index contributed by atoms with van der Waals surface area (Å²) >= 11 is 0. The molecule has 2 rings (SSSR count). The van der Waals surface area contributed by atoms with E-state index in [1.165, 1.54) is 12.1 Å². The van der Waals surface area contributed by atoms with Gasteiger partial charge in [0.15, 0.2) is 0 Å². The highest BCUT2D eigenvalue weighted by atomic mass is 19.1. The maximum atomic E-state index is 12.8. The predicted octanol–water partition coefficient (Wildman–Crippen LogP) is 3.49. The van der Waals surface area contributed by atoms with Gasteiger partial charge in [0.05, 0.1) is 18.2 Å². The lowest BCUT2D eigenvalue weighted by atomic mass is 10.1. The topological polar surface area (TPSA) is 17.8 Å². The quantitative estimate of drug-likeness (QED) is 0.768. The third-order valence-electron chi connectivity index (χ3n) is 2.60. The number of rotatable bonds is 4. The van der Waals surface area contributed by atoms with E-state index in [0.717, 1.165) is 30.6 Å². The number of nitrogens with zero attached hydrogens (tertiary/aromatic N) is 2. The lowest BCUT2D eigenvalue weighted by Crippen LogP contribution is -1.98. The fourth-order valence-electron chi connectivity index (χ4n) is 1.69. The summed E-state index contributed by atoms with van der Waals surface area (Å²) in [5, 5.41) is 0. The normalized spacial score (nSPS) is 10.6. The third kappa shape index (κ3) is 2.30. The number of benzene rings is 1. The van der Waals surface area contributed by atoms with Crippen LogP contribution in [0.4, 0.5) is 4.39 Å². The molecule has 0 saturated heterocycles. The zero-order chi connectivity index (χ0) is 11.4. The Labute approximate surface area is 94.8 Å². The molecule has 16 heavy (non-hydrogen) atoms. The molecule has 0 aliphatic heterocycles. The number of aromatic nitrogens is 2. The van der Waals surface area contributed by atoms with Crippen LogP contribution in [0, 0.1) is 5.82 Å². The Morgan fingerprint density at radius 2 is 2.00 bits per heavy atom. The lowest BCUT2D eigenvalue weighted by Gasteiger charge is -2.07. The summed E-state index contributed by atoms with van der Waals surface area (Å²) in [6, 6.07) is 6.53. The fraction of sp³-hybridized carbons (Fsp3) is 0.308. The molecule has 2 nitrogen and oxygen atoms in total. The van der Waals surface area contributed by atoms with Crippen LogP contribution >= 0.6 is 0 Å². The molecule has 0 unspecified atom stereocenters. The first-order valence-corrected chi connectivity index (χ1v) is 5.57. The van der Waals surface area contributed by atoms with E-state index >= 15 is 0 Å². The molecule has 0 amide bonds. The highest BCUT2D eigenvalue weighted by molar-refractivity contribution is 5.58. The Kier molecular flexibility index (Phi) is 3.34. The number of hydrogen-bond acceptors (Lipinski definition) is 1. The fourth-order valence-corrected chi connectivity index (χ4v) is 1.69. The van der Waals surface area contributed by atoms with Gasteiger partial charge >= 0.3 is 0 Å². The average Bonchev–Trinajstić information content (AvgIpc) is 2.75. The van der Waals surface area contributed by atoms with Crippen LogP contribution in [-0.4, -0.2) is 9.55 Å². The highest BCUT2D eigenvalue weighted by Crippen LogP contribution is 2.19. The molecule has 0 saturated carbocycles. The van der Waals surface area contributed by atoms with Gasteiger partial charge in [-0.15, -0.1) is 0 Å². The SMILES string of the molecule is CCCCn1cncc1-c1ccc(F)cc1. The summed E-state index contributed by atoms with van der Waals surface area (Å²) < 4.78 is 14.9. The Morgan fingerprint density at radius 3 is 2.69 bits per heavy atom. The van der Waals surface area contributed by atoms with Gasteiger partial charge in [-0.1, -0.05) is 13.3 Å². The van der Waals surface area contributed by atoms with E-state index in [0.29, 0.717) is 0 Å². The van der Waals surface area contributed by atoms with E-state index in [2.05, 4.69) is 16.5 Å². The second-order valence-corrected chi connectivity index (χ2v) is 3.83. The van der Waals surface area contributed by atoms with Crippen molar-refractivity contribution >= 4 is 0 Å². The van der Waals surface area contributed by atoms with Gasteiger partial charge in [0.25, 0.3) is 0 Å². The first-order valence-electron chi connectivity index (χ1n) is 5.57. The zero-order valence-electron chi connectivity index (χ0n) is 9.36. The van der Waals surface area contributed by atoms with Crippen LogP contribution in [-0.2, 0) is 6.54 Å². The van der Waals surface area contributed by atoms with Crippen molar-refractivity contribution in [2.45, 2.75) is 26.3 Å². The van der Waals surface area contributed by atoms with Gasteiger partial charge < -0.3 is 4.57 Å². The minimum atomic E-state index is -0.205. The molecule has 0 atom stereocenters. The molecule has 0 bridgehead atoms. The van der Waals surface area contributed by atoms with Crippen molar-refractivity contribution < 1.29 is 4.39 Å². The van der Waals surface area contributed by atoms with E-state index in [4.69, 9.17) is 0 Å². The molecule has 1 heterocycles. The van der Waals surface area contributed by atoms with Crippen molar-refractivity contribution in [3.05, 3.63) is 42.6 Å². The van der Waals surface area contributed by atoms with Gasteiger partial charge in [-0.2, -0.15) is 0 Å². The minimum absolute atomic E-state index is 0.205. The van der Waals surface area contributed by atoms with Crippen molar-refractivity contribution in [1.29, 1.82) is 0 Å². The lowest BCUT2D eigenvalue weighted by molar-refractivity contribution is 0.626. The van der Waals surface area contributed by atoms with Gasteiger partial charge in [0.2, 0.25) is 0 Å². The monoisotopic (exact) mass is 218 g/mol. The number of hydrogen-bond donors (Lipinski definition) is 0. The van der Waals surface area contributed by atoms with E-state index in [1.54, 1.807) is 12.1 Å². The summed E-state index contributed by atoms with van der Waals surface area (Å²) in [6.07, 6.45) is 5.93. The molecule has 84 valence electrons. The van der Waals surface area contributed by atoms with Crippen LogP contribution in [0.1, 0.15) is 19.8 Å². The van der Waals surface area contributed by atoms with Gasteiger partial charge in [-0.25, -0.2) is 9.37 Å². The predicted molar refractivity (Wildman–Crippen MR) is 62.5 cm³/mol. The number of halogens is 1. The van der Waals surface area contributed by atoms with Crippen molar-refractivity contribution in [1.82, 2.24) is 9.55 Å². The van der Waals surface area contributed by atoms with Crippen LogP contribution < -0.4 is 0 Å². The summed E-state index contributed by atoms with van der Waals surface area (Å²) in [7, 11) is 0. The highest BCUT2D eigenvalue weighted by Gasteiger charge is 2.04. The Bertz CT molecular complexity index is 445. The van der Waals surface area contributed by atoms with E-state index in [9.17, 15) is 4.39 Å². The van der Waals surface area contributed by atoms with Crippen LogP contribution in [0.15, 0.2) is 36.8 Å². The van der Waals surface area contributed by atoms with E-state index in [1.807, 2.05) is 12.5 Å². The average molecular weight is 218 g/mol. The largest absolute Gasteiger partial charge is 0.331 e. The van der Waals surface area contributed by atoms with E-state index in [-0.39, 0.29) is 5.82 Å². The molecule has 1 aromatic carbocycles. The first-order chi connectivity index (χ1) is 7.81. The summed E-state index contributed by atoms with van der Waals surface area (Å²) in [5.41, 5.74) is 2.06. The molecular formula is C13H15FN2. The van der Waals surface area contributed by atoms with Gasteiger partial charge in [0, 0.05) is 6.54 Å². The molecule has 0 radical (unpaired) electrons. The van der Waals surface area contributed by atoms with Crippen molar-refractivity contribution in [2.24, 2.45) is 0 Å². The molecule has 0 aliphatic carbocycles. The van der Waals surface area contributed by atoms with E-state index < -0.39 is 0 Å². The molecule has 2 aromatic rings. The van der Waals surface area contributed by atoms with Gasteiger partial charge in [-0.3, -0.25) is 0 Å². The summed E-state index contributed by atoms with van der Waals surface area (Å²) in [6.45, 7) is 3.12. The second kappa shape index (κ2) is 4.92. The Balaban J connectivity index is 2.26. The molecule has 0 aliphatic rings. The minimum Gasteiger partial charge on any atom is -0.331 e. The molecule has 0 N–H and O–H groups in total. The van der Waals surface area contributed by atoms with Crippen LogP contribution in [0.25, 0.3) is 11.3 Å². The van der Waals surface area contributed by atoms with Gasteiger partial charge in [0.1, 0.15) is 5.82 Å². The third-order valence-corrected chi connectivity index (χ3v) is 2.60. The summed E-state index contributed by atoms with van der Waals surface area (Å²) in [5.74, 6) is -0.205. The second-order valence-electron chi connectivity index (χ2n) is 3.83. The van der Waals surface area contributed by atoms with Crippen LogP contribution in [0.2, 0.25) is 0 Å². The Morgan fingerprint density at radius 1 is 1.25 bits per heavy atom. The first kappa shape index (κ1) is 10.9. The number of unbranched alkanes of at least 4 members (excludes halogenated alkanes) is 1. The smallest absolute Gasteiger partial charge is 0.123 e. The summed E-state index contributed by atoms with van der Waals surface area (Å²) in [4.78, 5) is 4.14. The molecule has 3 heteroatoms. The van der Waals surface area contributed by atoms with Crippen LogP contribution in [0.3, 0.4) is 0 Å². The Hall–Kier alpha value is -1.64. The molecule has 0 spiro atoms. The standard InChI is InChI=1S/C13H15FN2/c1-2-3-8-16-10-15-9-13(16)11-4-6-12(14)7-5-11/h4-7,9-10H,2-3,8H2,1H3. The number of imidazole rings is 1. The maximum Gasteiger partial charge on any atom is 0.123 e. The van der Waals surface area contributed by atoms with Crippen LogP contribution in [0.5, 0.6) is 0 Å². The zero-order valence-corrected chi connectivity index (χ0v) is 9.36. The number of aryl methyl sites for hydroxylation is 1. The van der Waals surface area contributed by atoms with Crippen molar-refractivity contribution in [3.63, 3.8) is 0 Å². The molecule has 1 aromatic heterocycles. The van der Waals surface area contributed by atoms with Crippen molar-refractivity contribution in [3.8, 4) is 11.3 Å². The maximum absolute atomic E-state index is 12.8. The molecular weight excluding hydrogens is 203 g/mol. The van der Waals surface area contributed by atoms with Crippen molar-refractivity contribution in [2.75, 3.05) is 0 Å². The van der Waals surface area contributed by atoms with Gasteiger partial charge in [-0.05, 0) is 36.2 Å². The molecule has 0 fully saturated rings.